The molecule has 0 unspecified atom stereocenters. The van der Waals surface area contributed by atoms with Crippen LogP contribution in [-0.4, -0.2) is 22.4 Å². The Morgan fingerprint density at radius 2 is 2.19 bits per heavy atom. The highest BCUT2D eigenvalue weighted by atomic mass is 127. The standard InChI is InChI=1S/C14H12BrIN2O3/c1-8-17-6-11(16)14(20)18(8)7-12(19)9-3-4-13(21-2)10(15)5-9/h3-6H,7H2,1-2H3. The van der Waals surface area contributed by atoms with Gasteiger partial charge in [-0.05, 0) is 63.6 Å². The Balaban J connectivity index is 2.33. The molecule has 0 aliphatic carbocycles. The van der Waals surface area contributed by atoms with Gasteiger partial charge in [0.15, 0.2) is 5.78 Å². The molecule has 0 atom stereocenters. The number of carbonyl (C=O) groups is 1. The summed E-state index contributed by atoms with van der Waals surface area (Å²) in [4.78, 5) is 28.5. The summed E-state index contributed by atoms with van der Waals surface area (Å²) in [5.41, 5.74) is 0.303. The van der Waals surface area contributed by atoms with E-state index in [4.69, 9.17) is 4.74 Å². The molecule has 5 nitrogen and oxygen atoms in total. The summed E-state index contributed by atoms with van der Waals surface area (Å²) >= 11 is 5.25. The number of benzene rings is 1. The van der Waals surface area contributed by atoms with Crippen molar-refractivity contribution in [3.05, 3.63) is 54.2 Å². The highest BCUT2D eigenvalue weighted by molar-refractivity contribution is 14.1. The van der Waals surface area contributed by atoms with Crippen molar-refractivity contribution in [1.82, 2.24) is 9.55 Å². The Bertz CT molecular complexity index is 758. The van der Waals surface area contributed by atoms with E-state index < -0.39 is 0 Å². The van der Waals surface area contributed by atoms with Gasteiger partial charge in [0.2, 0.25) is 0 Å². The molecule has 0 spiro atoms. The zero-order valence-corrected chi connectivity index (χ0v) is 15.1. The van der Waals surface area contributed by atoms with Crippen molar-refractivity contribution in [1.29, 1.82) is 0 Å². The molecule has 7 heteroatoms. The average molecular weight is 463 g/mol. The molecule has 0 fully saturated rings. The SMILES string of the molecule is COc1ccc(C(=O)Cn2c(C)ncc(I)c2=O)cc1Br. The summed E-state index contributed by atoms with van der Waals surface area (Å²) in [6, 6.07) is 5.07. The minimum absolute atomic E-state index is 0.0344. The van der Waals surface area contributed by atoms with Crippen LogP contribution in [0, 0.1) is 10.5 Å². The fraction of sp³-hybridized carbons (Fsp3) is 0.214. The van der Waals surface area contributed by atoms with Gasteiger partial charge in [-0.1, -0.05) is 0 Å². The fourth-order valence-electron chi connectivity index (χ4n) is 1.81. The van der Waals surface area contributed by atoms with Gasteiger partial charge in [0.25, 0.3) is 5.56 Å². The van der Waals surface area contributed by atoms with Crippen LogP contribution >= 0.6 is 38.5 Å². The molecule has 1 heterocycles. The van der Waals surface area contributed by atoms with Crippen LogP contribution in [0.15, 0.2) is 33.7 Å². The van der Waals surface area contributed by atoms with E-state index >= 15 is 0 Å². The molecule has 0 amide bonds. The summed E-state index contributed by atoms with van der Waals surface area (Å²) in [5, 5.41) is 0. The number of aromatic nitrogens is 2. The molecular weight excluding hydrogens is 451 g/mol. The topological polar surface area (TPSA) is 61.2 Å². The van der Waals surface area contributed by atoms with Crippen LogP contribution in [0.25, 0.3) is 0 Å². The Labute approximate surface area is 143 Å². The van der Waals surface area contributed by atoms with Gasteiger partial charge < -0.3 is 4.74 Å². The number of Topliss-reactive ketones (excluding diaryl/α,β-unsaturated/α-hetero) is 1. The second-order valence-corrected chi connectivity index (χ2v) is 6.33. The summed E-state index contributed by atoms with van der Waals surface area (Å²) in [5.74, 6) is 1.00. The maximum absolute atomic E-state index is 12.3. The second kappa shape index (κ2) is 6.69. The Kier molecular flexibility index (Phi) is 5.15. The maximum Gasteiger partial charge on any atom is 0.267 e. The molecule has 110 valence electrons. The lowest BCUT2D eigenvalue weighted by molar-refractivity contribution is 0.0969. The summed E-state index contributed by atoms with van der Waals surface area (Å²) < 4.78 is 7.69. The minimum atomic E-state index is -0.205. The van der Waals surface area contributed by atoms with Gasteiger partial charge in [0, 0.05) is 11.8 Å². The first-order valence-electron chi connectivity index (χ1n) is 6.02. The monoisotopic (exact) mass is 462 g/mol. The number of hydrogen-bond acceptors (Lipinski definition) is 4. The third-order valence-electron chi connectivity index (χ3n) is 2.98. The molecule has 21 heavy (non-hydrogen) atoms. The van der Waals surface area contributed by atoms with E-state index in [9.17, 15) is 9.59 Å². The van der Waals surface area contributed by atoms with Crippen molar-refractivity contribution in [3.8, 4) is 5.75 Å². The van der Waals surface area contributed by atoms with Gasteiger partial charge in [0.1, 0.15) is 11.6 Å². The maximum atomic E-state index is 12.3. The van der Waals surface area contributed by atoms with E-state index in [1.165, 1.54) is 10.8 Å². The Hall–Kier alpha value is -1.22. The summed E-state index contributed by atoms with van der Waals surface area (Å²) in [6.45, 7) is 1.67. The van der Waals surface area contributed by atoms with Gasteiger partial charge >= 0.3 is 0 Å². The minimum Gasteiger partial charge on any atom is -0.496 e. The zero-order valence-electron chi connectivity index (χ0n) is 11.4. The number of ether oxygens (including phenoxy) is 1. The van der Waals surface area contributed by atoms with E-state index in [1.54, 1.807) is 32.2 Å². The molecule has 2 rings (SSSR count). The summed E-state index contributed by atoms with van der Waals surface area (Å²) in [6.07, 6.45) is 1.50. The van der Waals surface area contributed by atoms with Crippen molar-refractivity contribution < 1.29 is 9.53 Å². The summed E-state index contributed by atoms with van der Waals surface area (Å²) in [7, 11) is 1.56. The Morgan fingerprint density at radius 3 is 2.81 bits per heavy atom. The molecule has 0 saturated carbocycles. The number of ketones is 1. The highest BCUT2D eigenvalue weighted by Crippen LogP contribution is 2.25. The highest BCUT2D eigenvalue weighted by Gasteiger charge is 2.13. The fourth-order valence-corrected chi connectivity index (χ4v) is 2.78. The van der Waals surface area contributed by atoms with Crippen molar-refractivity contribution in [2.24, 2.45) is 0 Å². The van der Waals surface area contributed by atoms with Crippen LogP contribution in [0.2, 0.25) is 0 Å². The predicted octanol–water partition coefficient (Wildman–Crippen LogP) is 2.81. The number of hydrogen-bond donors (Lipinski definition) is 0. The lowest BCUT2D eigenvalue weighted by Crippen LogP contribution is -2.28. The van der Waals surface area contributed by atoms with E-state index in [0.717, 1.165) is 0 Å². The number of methoxy groups -OCH3 is 1. The van der Waals surface area contributed by atoms with Crippen molar-refractivity contribution in [2.75, 3.05) is 7.11 Å². The number of carbonyl (C=O) groups excluding carboxylic acids is 1. The largest absolute Gasteiger partial charge is 0.496 e. The number of aryl methyl sites for hydroxylation is 1. The van der Waals surface area contributed by atoms with Crippen LogP contribution in [-0.2, 0) is 6.54 Å². The average Bonchev–Trinajstić information content (AvgIpc) is 2.47. The second-order valence-electron chi connectivity index (χ2n) is 4.32. The first-order valence-corrected chi connectivity index (χ1v) is 7.90. The smallest absolute Gasteiger partial charge is 0.267 e. The van der Waals surface area contributed by atoms with Gasteiger partial charge in [-0.2, -0.15) is 0 Å². The Morgan fingerprint density at radius 1 is 1.48 bits per heavy atom. The molecular formula is C14H12BrIN2O3. The first-order chi connectivity index (χ1) is 9.93. The van der Waals surface area contributed by atoms with Gasteiger partial charge in [0.05, 0.1) is 21.7 Å². The molecule has 0 N–H and O–H groups in total. The molecule has 0 radical (unpaired) electrons. The van der Waals surface area contributed by atoms with E-state index in [2.05, 4.69) is 20.9 Å². The van der Waals surface area contributed by atoms with Gasteiger partial charge in [-0.15, -0.1) is 0 Å². The third kappa shape index (κ3) is 3.52. The normalized spacial score (nSPS) is 10.5. The van der Waals surface area contributed by atoms with Crippen LogP contribution < -0.4 is 10.3 Å². The molecule has 0 aliphatic heterocycles. The van der Waals surface area contributed by atoms with Crippen LogP contribution in [0.4, 0.5) is 0 Å². The number of rotatable bonds is 4. The predicted molar refractivity (Wildman–Crippen MR) is 91.0 cm³/mol. The van der Waals surface area contributed by atoms with E-state index in [-0.39, 0.29) is 17.9 Å². The van der Waals surface area contributed by atoms with Crippen molar-refractivity contribution in [3.63, 3.8) is 0 Å². The number of halogens is 2. The van der Waals surface area contributed by atoms with E-state index in [0.29, 0.717) is 25.2 Å². The quantitative estimate of drug-likeness (QED) is 0.517. The zero-order chi connectivity index (χ0) is 15.6. The van der Waals surface area contributed by atoms with Crippen molar-refractivity contribution in [2.45, 2.75) is 13.5 Å². The molecule has 0 aliphatic rings. The lowest BCUT2D eigenvalue weighted by atomic mass is 10.1. The van der Waals surface area contributed by atoms with Gasteiger partial charge in [-0.3, -0.25) is 14.2 Å². The molecule has 1 aromatic heterocycles. The van der Waals surface area contributed by atoms with Crippen LogP contribution in [0.5, 0.6) is 5.75 Å². The van der Waals surface area contributed by atoms with Crippen LogP contribution in [0.3, 0.4) is 0 Å². The molecule has 0 bridgehead atoms. The molecule has 1 aromatic carbocycles. The molecule has 0 saturated heterocycles. The van der Waals surface area contributed by atoms with Crippen LogP contribution in [0.1, 0.15) is 16.2 Å². The molecule has 2 aromatic rings. The van der Waals surface area contributed by atoms with Crippen molar-refractivity contribution >= 4 is 44.3 Å². The van der Waals surface area contributed by atoms with E-state index in [1.807, 2.05) is 22.6 Å². The van der Waals surface area contributed by atoms with Gasteiger partial charge in [-0.25, -0.2) is 4.98 Å². The number of nitrogens with zero attached hydrogens (tertiary/aromatic N) is 2. The third-order valence-corrected chi connectivity index (χ3v) is 4.34. The lowest BCUT2D eigenvalue weighted by Gasteiger charge is -2.10. The first kappa shape index (κ1) is 16.2.